The van der Waals surface area contributed by atoms with Crippen molar-refractivity contribution in [3.8, 4) is 0 Å². The standard InChI is InChI=1S/C23H23NO/c1-2-14-23-15-13-18(17-23)16-21(23)22(25)24(19-9-5-3-6-10-19)20-11-7-4-8-12-20/h2-13,15,18,21H,1,14,16-17H2. The minimum absolute atomic E-state index is 0.0147. The second-order valence-corrected chi connectivity index (χ2v) is 7.18. The van der Waals surface area contributed by atoms with Gasteiger partial charge in [-0.25, -0.2) is 0 Å². The zero-order valence-electron chi connectivity index (χ0n) is 14.3. The van der Waals surface area contributed by atoms with Crippen LogP contribution in [0.3, 0.4) is 0 Å². The van der Waals surface area contributed by atoms with E-state index in [1.165, 1.54) is 0 Å². The maximum Gasteiger partial charge on any atom is 0.235 e. The van der Waals surface area contributed by atoms with E-state index in [0.717, 1.165) is 30.6 Å². The van der Waals surface area contributed by atoms with Gasteiger partial charge in [0.25, 0.3) is 0 Å². The molecule has 1 fully saturated rings. The molecule has 0 saturated heterocycles. The van der Waals surface area contributed by atoms with Gasteiger partial charge >= 0.3 is 0 Å². The van der Waals surface area contributed by atoms with Crippen molar-refractivity contribution in [2.75, 3.05) is 4.90 Å². The monoisotopic (exact) mass is 329 g/mol. The van der Waals surface area contributed by atoms with Crippen LogP contribution in [0.2, 0.25) is 0 Å². The average molecular weight is 329 g/mol. The topological polar surface area (TPSA) is 20.3 Å². The Morgan fingerprint density at radius 1 is 1.08 bits per heavy atom. The molecule has 0 heterocycles. The van der Waals surface area contributed by atoms with E-state index in [9.17, 15) is 4.79 Å². The zero-order valence-corrected chi connectivity index (χ0v) is 14.3. The largest absolute Gasteiger partial charge is 0.281 e. The number of rotatable bonds is 5. The summed E-state index contributed by atoms with van der Waals surface area (Å²) >= 11 is 0. The lowest BCUT2D eigenvalue weighted by Gasteiger charge is -2.35. The van der Waals surface area contributed by atoms with Crippen LogP contribution in [0, 0.1) is 17.3 Å². The van der Waals surface area contributed by atoms with Crippen LogP contribution in [0.25, 0.3) is 0 Å². The van der Waals surface area contributed by atoms with Gasteiger partial charge in [-0.2, -0.15) is 0 Å². The lowest BCUT2D eigenvalue weighted by molar-refractivity contribution is -0.124. The van der Waals surface area contributed by atoms with E-state index >= 15 is 0 Å². The van der Waals surface area contributed by atoms with Crippen molar-refractivity contribution in [1.82, 2.24) is 0 Å². The SMILES string of the molecule is C=CCC12C=CC(CC1C(=O)N(c1ccccc1)c1ccccc1)C2. The van der Waals surface area contributed by atoms with Gasteiger partial charge < -0.3 is 0 Å². The second-order valence-electron chi connectivity index (χ2n) is 7.18. The Bertz CT molecular complexity index is 756. The van der Waals surface area contributed by atoms with E-state index < -0.39 is 0 Å². The molecule has 3 unspecified atom stereocenters. The van der Waals surface area contributed by atoms with Gasteiger partial charge in [-0.05, 0) is 49.4 Å². The number of para-hydroxylation sites is 2. The molecule has 2 bridgehead atoms. The molecule has 25 heavy (non-hydrogen) atoms. The molecule has 0 N–H and O–H groups in total. The fourth-order valence-corrected chi connectivity index (χ4v) is 4.53. The Morgan fingerprint density at radius 3 is 2.20 bits per heavy atom. The molecule has 0 aliphatic heterocycles. The molecule has 2 heteroatoms. The summed E-state index contributed by atoms with van der Waals surface area (Å²) in [6, 6.07) is 19.9. The van der Waals surface area contributed by atoms with Gasteiger partial charge in [0.2, 0.25) is 5.91 Å². The number of amides is 1. The summed E-state index contributed by atoms with van der Waals surface area (Å²) in [5, 5.41) is 0. The minimum atomic E-state index is -0.0503. The highest BCUT2D eigenvalue weighted by atomic mass is 16.2. The van der Waals surface area contributed by atoms with Gasteiger partial charge in [0.05, 0.1) is 0 Å². The van der Waals surface area contributed by atoms with Crippen molar-refractivity contribution in [1.29, 1.82) is 0 Å². The van der Waals surface area contributed by atoms with E-state index in [-0.39, 0.29) is 17.2 Å². The summed E-state index contributed by atoms with van der Waals surface area (Å²) in [7, 11) is 0. The molecule has 1 amide bonds. The lowest BCUT2D eigenvalue weighted by atomic mass is 9.74. The van der Waals surface area contributed by atoms with E-state index in [2.05, 4.69) is 18.7 Å². The molecule has 2 aromatic carbocycles. The molecular weight excluding hydrogens is 306 g/mol. The van der Waals surface area contributed by atoms with Gasteiger partial charge in [-0.1, -0.05) is 54.6 Å². The second kappa shape index (κ2) is 6.36. The molecule has 2 aliphatic carbocycles. The van der Waals surface area contributed by atoms with Gasteiger partial charge in [-0.15, -0.1) is 6.58 Å². The fourth-order valence-electron chi connectivity index (χ4n) is 4.53. The summed E-state index contributed by atoms with van der Waals surface area (Å²) in [4.78, 5) is 15.6. The average Bonchev–Trinajstić information content (AvgIpc) is 3.22. The normalized spacial score (nSPS) is 26.6. The van der Waals surface area contributed by atoms with Crippen LogP contribution in [-0.4, -0.2) is 5.91 Å². The van der Waals surface area contributed by atoms with Crippen LogP contribution in [0.5, 0.6) is 0 Å². The predicted octanol–water partition coefficient (Wildman–Crippen LogP) is 5.51. The summed E-state index contributed by atoms with van der Waals surface area (Å²) in [5.74, 6) is 0.745. The maximum atomic E-state index is 13.7. The van der Waals surface area contributed by atoms with Crippen LogP contribution in [0.15, 0.2) is 85.5 Å². The third kappa shape index (κ3) is 2.72. The number of carbonyl (C=O) groups excluding carboxylic acids is 1. The van der Waals surface area contributed by atoms with Crippen LogP contribution in [-0.2, 0) is 4.79 Å². The number of anilines is 2. The zero-order chi connectivity index (χ0) is 17.3. The van der Waals surface area contributed by atoms with Crippen molar-refractivity contribution in [3.05, 3.63) is 85.5 Å². The van der Waals surface area contributed by atoms with Gasteiger partial charge in [0.15, 0.2) is 0 Å². The van der Waals surface area contributed by atoms with Crippen molar-refractivity contribution in [2.45, 2.75) is 19.3 Å². The Kier molecular flexibility index (Phi) is 4.04. The Balaban J connectivity index is 1.74. The first kappa shape index (κ1) is 15.9. The van der Waals surface area contributed by atoms with Crippen molar-refractivity contribution in [3.63, 3.8) is 0 Å². The molecule has 2 aliphatic rings. The van der Waals surface area contributed by atoms with Crippen molar-refractivity contribution >= 4 is 17.3 Å². The molecule has 2 aromatic rings. The smallest absolute Gasteiger partial charge is 0.235 e. The number of nitrogens with zero attached hydrogens (tertiary/aromatic N) is 1. The van der Waals surface area contributed by atoms with E-state index in [1.54, 1.807) is 0 Å². The maximum absolute atomic E-state index is 13.7. The predicted molar refractivity (Wildman–Crippen MR) is 103 cm³/mol. The third-order valence-corrected chi connectivity index (χ3v) is 5.65. The van der Waals surface area contributed by atoms with Crippen LogP contribution >= 0.6 is 0 Å². The number of benzene rings is 2. The minimum Gasteiger partial charge on any atom is -0.281 e. The Morgan fingerprint density at radius 2 is 1.68 bits per heavy atom. The summed E-state index contributed by atoms with van der Waals surface area (Å²) in [5.41, 5.74) is 1.81. The van der Waals surface area contributed by atoms with Crippen molar-refractivity contribution in [2.24, 2.45) is 17.3 Å². The molecule has 0 radical (unpaired) electrons. The molecule has 2 nitrogen and oxygen atoms in total. The number of hydrogen-bond acceptors (Lipinski definition) is 1. The third-order valence-electron chi connectivity index (χ3n) is 5.65. The van der Waals surface area contributed by atoms with Gasteiger partial charge in [-0.3, -0.25) is 9.69 Å². The number of allylic oxidation sites excluding steroid dienone is 3. The molecule has 4 rings (SSSR count). The summed E-state index contributed by atoms with van der Waals surface area (Å²) in [6.07, 6.45) is 9.43. The Labute approximate surface area is 149 Å². The van der Waals surface area contributed by atoms with Gasteiger partial charge in [0, 0.05) is 22.7 Å². The van der Waals surface area contributed by atoms with Crippen LogP contribution in [0.4, 0.5) is 11.4 Å². The van der Waals surface area contributed by atoms with E-state index in [0.29, 0.717) is 5.92 Å². The molecular formula is C23H23NO. The van der Waals surface area contributed by atoms with Gasteiger partial charge in [0.1, 0.15) is 0 Å². The van der Waals surface area contributed by atoms with E-state index in [4.69, 9.17) is 0 Å². The highest BCUT2D eigenvalue weighted by Crippen LogP contribution is 2.56. The summed E-state index contributed by atoms with van der Waals surface area (Å²) in [6.45, 7) is 3.93. The molecule has 1 saturated carbocycles. The quantitative estimate of drug-likeness (QED) is 0.662. The molecule has 126 valence electrons. The number of carbonyl (C=O) groups is 1. The first-order valence-electron chi connectivity index (χ1n) is 8.98. The number of fused-ring (bicyclic) bond motifs is 2. The van der Waals surface area contributed by atoms with Crippen LogP contribution < -0.4 is 4.90 Å². The highest BCUT2D eigenvalue weighted by molar-refractivity contribution is 6.02. The fraction of sp³-hybridized carbons (Fsp3) is 0.261. The lowest BCUT2D eigenvalue weighted by Crippen LogP contribution is -2.39. The first-order valence-corrected chi connectivity index (χ1v) is 8.98. The number of hydrogen-bond donors (Lipinski definition) is 0. The summed E-state index contributed by atoms with van der Waals surface area (Å²) < 4.78 is 0. The van der Waals surface area contributed by atoms with Crippen LogP contribution in [0.1, 0.15) is 19.3 Å². The van der Waals surface area contributed by atoms with Crippen molar-refractivity contribution < 1.29 is 4.79 Å². The Hall–Kier alpha value is -2.61. The molecule has 3 atom stereocenters. The molecule has 0 spiro atoms. The van der Waals surface area contributed by atoms with E-state index in [1.807, 2.05) is 71.6 Å². The highest BCUT2D eigenvalue weighted by Gasteiger charge is 2.52. The first-order chi connectivity index (χ1) is 12.2. The molecule has 0 aromatic heterocycles.